The molecule has 0 fully saturated rings. The largest absolute Gasteiger partial charge is 0.497 e. The first-order valence-corrected chi connectivity index (χ1v) is 5.40. The molecule has 0 aliphatic heterocycles. The molecule has 0 radical (unpaired) electrons. The summed E-state index contributed by atoms with van der Waals surface area (Å²) in [5, 5.41) is 4.26. The van der Waals surface area contributed by atoms with Gasteiger partial charge in [-0.3, -0.25) is 4.79 Å². The van der Waals surface area contributed by atoms with Crippen molar-refractivity contribution in [3.05, 3.63) is 51.4 Å². The molecule has 0 saturated carbocycles. The second kappa shape index (κ2) is 4.59. The van der Waals surface area contributed by atoms with Crippen LogP contribution in [0.2, 0.25) is 5.15 Å². The lowest BCUT2D eigenvalue weighted by Gasteiger charge is -2.09. The number of benzene rings is 1. The van der Waals surface area contributed by atoms with Gasteiger partial charge in [-0.15, -0.1) is 0 Å². The number of hydrogen-bond acceptors (Lipinski definition) is 3. The van der Waals surface area contributed by atoms with Gasteiger partial charge in [0, 0.05) is 12.1 Å². The lowest BCUT2D eigenvalue weighted by atomic mass is 10.2. The molecule has 1 heterocycles. The maximum atomic E-state index is 11.7. The molecule has 1 aromatic heterocycles. The van der Waals surface area contributed by atoms with Crippen molar-refractivity contribution in [2.45, 2.75) is 6.92 Å². The van der Waals surface area contributed by atoms with Crippen LogP contribution in [-0.2, 0) is 0 Å². The number of ether oxygens (including phenoxy) is 1. The minimum absolute atomic E-state index is 0.231. The van der Waals surface area contributed by atoms with Crippen LogP contribution in [0.25, 0.3) is 5.69 Å². The predicted octanol–water partition coefficient (Wildman–Crippen LogP) is 2.20. The molecule has 0 unspecified atom stereocenters. The van der Waals surface area contributed by atoms with Gasteiger partial charge in [-0.1, -0.05) is 17.7 Å². The van der Waals surface area contributed by atoms with E-state index in [9.17, 15) is 4.79 Å². The molecule has 4 nitrogen and oxygen atoms in total. The van der Waals surface area contributed by atoms with E-state index in [0.717, 1.165) is 5.56 Å². The minimum Gasteiger partial charge on any atom is -0.497 e. The molecule has 0 bridgehead atoms. The van der Waals surface area contributed by atoms with Crippen LogP contribution in [0.1, 0.15) is 5.56 Å². The zero-order chi connectivity index (χ0) is 12.4. The molecule has 0 spiro atoms. The normalized spacial score (nSPS) is 10.3. The lowest BCUT2D eigenvalue weighted by Crippen LogP contribution is -2.20. The van der Waals surface area contributed by atoms with Crippen molar-refractivity contribution in [1.29, 1.82) is 0 Å². The van der Waals surface area contributed by atoms with E-state index in [4.69, 9.17) is 16.3 Å². The van der Waals surface area contributed by atoms with Crippen LogP contribution in [0.3, 0.4) is 0 Å². The Hall–Kier alpha value is -1.81. The van der Waals surface area contributed by atoms with Crippen LogP contribution in [0, 0.1) is 6.92 Å². The number of rotatable bonds is 2. The maximum Gasteiger partial charge on any atom is 0.271 e. The highest BCUT2D eigenvalue weighted by Crippen LogP contribution is 2.19. The van der Waals surface area contributed by atoms with Crippen LogP contribution in [0.4, 0.5) is 0 Å². The summed E-state index contributed by atoms with van der Waals surface area (Å²) in [6.07, 6.45) is 0. The van der Waals surface area contributed by atoms with Gasteiger partial charge in [-0.2, -0.15) is 9.78 Å². The Kier molecular flexibility index (Phi) is 3.15. The third-order valence-corrected chi connectivity index (χ3v) is 2.61. The maximum absolute atomic E-state index is 11.7. The fraction of sp³-hybridized carbons (Fsp3) is 0.167. The molecule has 1 aromatic carbocycles. The van der Waals surface area contributed by atoms with Crippen molar-refractivity contribution in [2.24, 2.45) is 0 Å². The zero-order valence-electron chi connectivity index (χ0n) is 9.48. The molecule has 2 rings (SSSR count). The van der Waals surface area contributed by atoms with Gasteiger partial charge in [0.25, 0.3) is 5.56 Å². The molecule has 0 atom stereocenters. The van der Waals surface area contributed by atoms with Crippen LogP contribution >= 0.6 is 11.6 Å². The summed E-state index contributed by atoms with van der Waals surface area (Å²) in [5.74, 6) is 0.666. The van der Waals surface area contributed by atoms with Crippen LogP contribution in [-0.4, -0.2) is 16.9 Å². The van der Waals surface area contributed by atoms with E-state index < -0.39 is 0 Å². The topological polar surface area (TPSA) is 44.1 Å². The van der Waals surface area contributed by atoms with E-state index in [1.807, 2.05) is 19.1 Å². The van der Waals surface area contributed by atoms with Crippen molar-refractivity contribution < 1.29 is 4.74 Å². The van der Waals surface area contributed by atoms with E-state index in [1.54, 1.807) is 13.2 Å². The van der Waals surface area contributed by atoms with Gasteiger partial charge < -0.3 is 4.74 Å². The van der Waals surface area contributed by atoms with Crippen molar-refractivity contribution >= 4 is 11.6 Å². The van der Waals surface area contributed by atoms with Gasteiger partial charge in [0.15, 0.2) is 0 Å². The highest BCUT2D eigenvalue weighted by molar-refractivity contribution is 6.29. The van der Waals surface area contributed by atoms with E-state index in [2.05, 4.69) is 5.10 Å². The number of hydrogen-bond donors (Lipinski definition) is 0. The smallest absolute Gasteiger partial charge is 0.271 e. The summed E-state index contributed by atoms with van der Waals surface area (Å²) in [7, 11) is 1.57. The van der Waals surface area contributed by atoms with E-state index >= 15 is 0 Å². The fourth-order valence-electron chi connectivity index (χ4n) is 1.51. The van der Waals surface area contributed by atoms with E-state index in [1.165, 1.54) is 16.8 Å². The molecular formula is C12H11ClN2O2. The summed E-state index contributed by atoms with van der Waals surface area (Å²) in [4.78, 5) is 11.7. The SMILES string of the molecule is COc1ccc(C)c(-n2nc(Cl)ccc2=O)c1. The first-order valence-electron chi connectivity index (χ1n) is 5.03. The summed E-state index contributed by atoms with van der Waals surface area (Å²) in [6.45, 7) is 1.89. The highest BCUT2D eigenvalue weighted by Gasteiger charge is 2.07. The molecule has 0 amide bonds. The van der Waals surface area contributed by atoms with E-state index in [-0.39, 0.29) is 10.7 Å². The van der Waals surface area contributed by atoms with Crippen LogP contribution in [0.5, 0.6) is 5.75 Å². The van der Waals surface area contributed by atoms with Crippen molar-refractivity contribution in [3.63, 3.8) is 0 Å². The quantitative estimate of drug-likeness (QED) is 0.821. The van der Waals surface area contributed by atoms with Crippen molar-refractivity contribution in [2.75, 3.05) is 7.11 Å². The van der Waals surface area contributed by atoms with Crippen molar-refractivity contribution in [3.8, 4) is 11.4 Å². The Morgan fingerprint density at radius 2 is 2.06 bits per heavy atom. The Morgan fingerprint density at radius 1 is 1.29 bits per heavy atom. The molecule has 0 N–H and O–H groups in total. The lowest BCUT2D eigenvalue weighted by molar-refractivity contribution is 0.414. The van der Waals surface area contributed by atoms with Gasteiger partial charge in [0.2, 0.25) is 0 Å². The highest BCUT2D eigenvalue weighted by atomic mass is 35.5. The third kappa shape index (κ3) is 2.31. The summed E-state index contributed by atoms with van der Waals surface area (Å²) >= 11 is 5.79. The molecule has 0 aliphatic carbocycles. The van der Waals surface area contributed by atoms with E-state index in [0.29, 0.717) is 11.4 Å². The first kappa shape index (κ1) is 11.7. The molecule has 0 saturated heterocycles. The Bertz CT molecular complexity index is 608. The Morgan fingerprint density at radius 3 is 2.76 bits per heavy atom. The first-order chi connectivity index (χ1) is 8.11. The molecule has 88 valence electrons. The average molecular weight is 251 g/mol. The molecule has 17 heavy (non-hydrogen) atoms. The molecule has 2 aromatic rings. The molecule has 0 aliphatic rings. The van der Waals surface area contributed by atoms with Gasteiger partial charge in [-0.25, -0.2) is 0 Å². The third-order valence-electron chi connectivity index (χ3n) is 2.41. The van der Waals surface area contributed by atoms with Gasteiger partial charge in [-0.05, 0) is 24.6 Å². The second-order valence-electron chi connectivity index (χ2n) is 3.56. The standard InChI is InChI=1S/C12H11ClN2O2/c1-8-3-4-9(17-2)7-10(8)15-12(16)6-5-11(13)14-15/h3-7H,1-2H3. The summed E-state index contributed by atoms with van der Waals surface area (Å²) < 4.78 is 6.39. The zero-order valence-corrected chi connectivity index (χ0v) is 10.2. The number of aromatic nitrogens is 2. The number of halogens is 1. The molecule has 5 heteroatoms. The van der Waals surface area contributed by atoms with Gasteiger partial charge in [0.1, 0.15) is 10.9 Å². The van der Waals surface area contributed by atoms with Gasteiger partial charge >= 0.3 is 0 Å². The minimum atomic E-state index is -0.231. The summed E-state index contributed by atoms with van der Waals surface area (Å²) in [6, 6.07) is 8.29. The van der Waals surface area contributed by atoms with Crippen LogP contribution in [0.15, 0.2) is 35.1 Å². The number of nitrogens with zero attached hydrogens (tertiary/aromatic N) is 2. The number of methoxy groups -OCH3 is 1. The predicted molar refractivity (Wildman–Crippen MR) is 66.1 cm³/mol. The Balaban J connectivity index is 2.67. The second-order valence-corrected chi connectivity index (χ2v) is 3.95. The molecular weight excluding hydrogens is 240 g/mol. The van der Waals surface area contributed by atoms with Crippen LogP contribution < -0.4 is 10.3 Å². The fourth-order valence-corrected chi connectivity index (χ4v) is 1.64. The van der Waals surface area contributed by atoms with Crippen molar-refractivity contribution in [1.82, 2.24) is 9.78 Å². The average Bonchev–Trinajstić information content (AvgIpc) is 2.33. The summed E-state index contributed by atoms with van der Waals surface area (Å²) in [5.41, 5.74) is 1.35. The monoisotopic (exact) mass is 250 g/mol. The Labute approximate surface area is 103 Å². The number of aryl methyl sites for hydroxylation is 1. The van der Waals surface area contributed by atoms with Gasteiger partial charge in [0.05, 0.1) is 12.8 Å².